The van der Waals surface area contributed by atoms with Crippen LogP contribution in [0, 0.1) is 5.92 Å². The van der Waals surface area contributed by atoms with Gasteiger partial charge in [0.15, 0.2) is 12.2 Å². The predicted octanol–water partition coefficient (Wildman–Crippen LogP) is 0.955. The number of hydrogen-bond donors (Lipinski definition) is 5. The Morgan fingerprint density at radius 3 is 2.10 bits per heavy atom. The molecule has 0 aromatic heterocycles. The van der Waals surface area contributed by atoms with Gasteiger partial charge in [0.1, 0.15) is 12.6 Å². The largest absolute Gasteiger partial charge is 0.479 e. The number of aliphatic hydroxyl groups excluding tert-OH is 2. The maximum Gasteiger partial charge on any atom is 0.335 e. The van der Waals surface area contributed by atoms with Gasteiger partial charge in [0.05, 0.1) is 26.3 Å². The third-order valence-electron chi connectivity index (χ3n) is 5.84. The van der Waals surface area contributed by atoms with Gasteiger partial charge in [-0.2, -0.15) is 0 Å². The van der Waals surface area contributed by atoms with Gasteiger partial charge in [-0.3, -0.25) is 0 Å². The molecule has 6 N–H and O–H groups in total. The van der Waals surface area contributed by atoms with Crippen molar-refractivity contribution in [3.8, 4) is 0 Å². The van der Waals surface area contributed by atoms with Crippen molar-refractivity contribution in [1.82, 2.24) is 0 Å². The molecule has 2 saturated heterocycles. The molecule has 0 bridgehead atoms. The number of rotatable bonds is 7. The van der Waals surface area contributed by atoms with E-state index in [-0.39, 0.29) is 0 Å². The van der Waals surface area contributed by atoms with Crippen molar-refractivity contribution in [3.63, 3.8) is 0 Å². The lowest BCUT2D eigenvalue weighted by atomic mass is 10.1. The molecule has 1 aromatic carbocycles. The van der Waals surface area contributed by atoms with E-state index in [9.17, 15) is 9.59 Å². The Balaban J connectivity index is 0.000000291. The van der Waals surface area contributed by atoms with Gasteiger partial charge in [0.2, 0.25) is 0 Å². The van der Waals surface area contributed by atoms with E-state index in [0.717, 1.165) is 43.8 Å². The first kappa shape index (κ1) is 25.8. The first-order valence-corrected chi connectivity index (χ1v) is 10.7. The molecule has 0 amide bonds. The van der Waals surface area contributed by atoms with Gasteiger partial charge < -0.3 is 35.4 Å². The number of aliphatic hydroxyl groups is 2. The van der Waals surface area contributed by atoms with Crippen LogP contribution in [-0.4, -0.2) is 87.9 Å². The summed E-state index contributed by atoms with van der Waals surface area (Å²) in [6.45, 7) is 5.84. The standard InChI is InChI=1S/C16H23Cl2N2O.C4H6O6/c17-14-5-13(6-15(18)7-14)10-20(16-2-4-21-11-16)3-1-12(8-19)9-20;5-1(3(7)8)2(6)4(9)10/h5-7,12,16H,1-4,8-11,19H2;1-2,5-6H,(H,7,8)(H,9,10)/q+1;/t12-,16+,20?;/m0./s1. The number of carboxylic acids is 2. The molecule has 0 saturated carbocycles. The summed E-state index contributed by atoms with van der Waals surface area (Å²) in [4.78, 5) is 19.5. The molecule has 1 aromatic rings. The molecule has 2 heterocycles. The van der Waals surface area contributed by atoms with E-state index in [4.69, 9.17) is 54.1 Å². The van der Waals surface area contributed by atoms with Crippen LogP contribution >= 0.6 is 23.2 Å². The highest BCUT2D eigenvalue weighted by molar-refractivity contribution is 6.34. The van der Waals surface area contributed by atoms with Crippen LogP contribution in [0.2, 0.25) is 10.0 Å². The number of carbonyl (C=O) groups is 2. The SMILES string of the molecule is NC[C@@H]1CC[N+](Cc2cc(Cl)cc(Cl)c2)([C@@H]2CCOC2)C1.O=C(O)C(O)C(O)C(=O)O. The van der Waals surface area contributed by atoms with Crippen molar-refractivity contribution >= 4 is 35.1 Å². The summed E-state index contributed by atoms with van der Waals surface area (Å²) in [5.41, 5.74) is 7.13. The fraction of sp³-hybridized carbons (Fsp3) is 0.600. The highest BCUT2D eigenvalue weighted by Crippen LogP contribution is 2.34. The molecule has 5 atom stereocenters. The van der Waals surface area contributed by atoms with Crippen LogP contribution in [0.4, 0.5) is 0 Å². The summed E-state index contributed by atoms with van der Waals surface area (Å²) in [5, 5.41) is 34.0. The number of aliphatic carboxylic acids is 2. The van der Waals surface area contributed by atoms with E-state index in [2.05, 4.69) is 0 Å². The summed E-state index contributed by atoms with van der Waals surface area (Å²) < 4.78 is 6.73. The van der Waals surface area contributed by atoms with E-state index >= 15 is 0 Å². The lowest BCUT2D eigenvalue weighted by Crippen LogP contribution is -2.53. The summed E-state index contributed by atoms with van der Waals surface area (Å²) in [6.07, 6.45) is -2.18. The maximum absolute atomic E-state index is 9.77. The van der Waals surface area contributed by atoms with Crippen LogP contribution in [0.5, 0.6) is 0 Å². The molecular formula is C20H29Cl2N2O7+. The second-order valence-electron chi connectivity index (χ2n) is 8.03. The van der Waals surface area contributed by atoms with Crippen LogP contribution in [0.15, 0.2) is 18.2 Å². The second kappa shape index (κ2) is 11.4. The minimum atomic E-state index is -2.27. The smallest absolute Gasteiger partial charge is 0.335 e. The molecule has 11 heteroatoms. The van der Waals surface area contributed by atoms with Crippen molar-refractivity contribution in [2.24, 2.45) is 11.7 Å². The third kappa shape index (κ3) is 7.01. The van der Waals surface area contributed by atoms with E-state index in [1.807, 2.05) is 12.1 Å². The van der Waals surface area contributed by atoms with Crippen molar-refractivity contribution in [2.45, 2.75) is 37.6 Å². The molecule has 2 fully saturated rings. The van der Waals surface area contributed by atoms with Gasteiger partial charge in [-0.15, -0.1) is 0 Å². The number of benzene rings is 1. The molecule has 9 nitrogen and oxygen atoms in total. The average Bonchev–Trinajstić information content (AvgIpc) is 3.37. The molecular weight excluding hydrogens is 451 g/mol. The lowest BCUT2D eigenvalue weighted by Gasteiger charge is -2.40. The Labute approximate surface area is 190 Å². The van der Waals surface area contributed by atoms with Crippen molar-refractivity contribution in [2.75, 3.05) is 32.8 Å². The van der Waals surface area contributed by atoms with Gasteiger partial charge in [-0.1, -0.05) is 23.2 Å². The van der Waals surface area contributed by atoms with Gasteiger partial charge in [0, 0.05) is 40.9 Å². The zero-order valence-electron chi connectivity index (χ0n) is 17.0. The number of quaternary nitrogens is 1. The summed E-state index contributed by atoms with van der Waals surface area (Å²) in [5.74, 6) is -2.91. The van der Waals surface area contributed by atoms with Crippen LogP contribution in [-0.2, 0) is 20.9 Å². The monoisotopic (exact) mass is 479 g/mol. The Hall–Kier alpha value is -1.46. The van der Waals surface area contributed by atoms with Gasteiger partial charge in [-0.25, -0.2) is 9.59 Å². The fourth-order valence-corrected chi connectivity index (χ4v) is 4.79. The molecule has 3 rings (SSSR count). The lowest BCUT2D eigenvalue weighted by molar-refractivity contribution is -0.952. The normalized spacial score (nSPS) is 27.3. The zero-order valence-corrected chi connectivity index (χ0v) is 18.5. The van der Waals surface area contributed by atoms with E-state index in [0.29, 0.717) is 22.0 Å². The van der Waals surface area contributed by atoms with Gasteiger partial charge >= 0.3 is 11.9 Å². The van der Waals surface area contributed by atoms with E-state index in [1.54, 1.807) is 6.07 Å². The van der Waals surface area contributed by atoms with Crippen LogP contribution in [0.1, 0.15) is 18.4 Å². The number of carboxylic acid groups (broad SMARTS) is 2. The molecule has 2 aliphatic heterocycles. The molecule has 3 unspecified atom stereocenters. The summed E-state index contributed by atoms with van der Waals surface area (Å²) in [6, 6.07) is 6.46. The zero-order chi connectivity index (χ0) is 23.2. The Morgan fingerprint density at radius 2 is 1.68 bits per heavy atom. The van der Waals surface area contributed by atoms with Crippen LogP contribution < -0.4 is 5.73 Å². The Morgan fingerprint density at radius 1 is 1.10 bits per heavy atom. The molecule has 2 aliphatic rings. The Kier molecular flexibility index (Phi) is 9.50. The minimum absolute atomic E-state index is 0.583. The van der Waals surface area contributed by atoms with E-state index in [1.165, 1.54) is 18.5 Å². The molecule has 174 valence electrons. The number of hydrogen-bond acceptors (Lipinski definition) is 6. The van der Waals surface area contributed by atoms with Gasteiger partial charge in [0.25, 0.3) is 0 Å². The number of halogens is 2. The summed E-state index contributed by atoms with van der Waals surface area (Å²) in [7, 11) is 0. The molecule has 0 radical (unpaired) electrons. The average molecular weight is 480 g/mol. The highest BCUT2D eigenvalue weighted by atomic mass is 35.5. The van der Waals surface area contributed by atoms with Crippen molar-refractivity contribution in [3.05, 3.63) is 33.8 Å². The Bertz CT molecular complexity index is 738. The minimum Gasteiger partial charge on any atom is -0.479 e. The second-order valence-corrected chi connectivity index (χ2v) is 8.91. The first-order chi connectivity index (χ1) is 14.6. The number of ether oxygens (including phenoxy) is 1. The van der Waals surface area contributed by atoms with Crippen LogP contribution in [0.3, 0.4) is 0 Å². The highest BCUT2D eigenvalue weighted by Gasteiger charge is 2.45. The van der Waals surface area contributed by atoms with Crippen molar-refractivity contribution < 1.29 is 39.2 Å². The van der Waals surface area contributed by atoms with Crippen molar-refractivity contribution in [1.29, 1.82) is 0 Å². The molecule has 0 aliphatic carbocycles. The predicted molar refractivity (Wildman–Crippen MR) is 114 cm³/mol. The summed E-state index contributed by atoms with van der Waals surface area (Å²) >= 11 is 12.3. The number of likely N-dealkylation sites (tertiary alicyclic amines) is 1. The molecule has 31 heavy (non-hydrogen) atoms. The maximum atomic E-state index is 9.77. The third-order valence-corrected chi connectivity index (χ3v) is 6.28. The number of nitrogens with zero attached hydrogens (tertiary/aromatic N) is 1. The number of nitrogens with two attached hydrogens (primary N) is 1. The topological polar surface area (TPSA) is 150 Å². The first-order valence-electron chi connectivity index (χ1n) is 9.98. The quantitative estimate of drug-likeness (QED) is 0.362. The molecule has 0 spiro atoms. The van der Waals surface area contributed by atoms with Crippen LogP contribution in [0.25, 0.3) is 0 Å². The fourth-order valence-electron chi connectivity index (χ4n) is 4.22. The van der Waals surface area contributed by atoms with E-state index < -0.39 is 24.1 Å². The van der Waals surface area contributed by atoms with Gasteiger partial charge in [-0.05, 0) is 18.2 Å².